The van der Waals surface area contributed by atoms with Gasteiger partial charge in [0.15, 0.2) is 0 Å². The van der Waals surface area contributed by atoms with E-state index in [2.05, 4.69) is 54.8 Å². The lowest BCUT2D eigenvalue weighted by Crippen LogP contribution is -2.43. The van der Waals surface area contributed by atoms with Gasteiger partial charge in [-0.3, -0.25) is 0 Å². The molecule has 2 fully saturated rings. The van der Waals surface area contributed by atoms with Gasteiger partial charge in [-0.15, -0.1) is 6.58 Å². The number of allylic oxidation sites excluding steroid dienone is 1. The topological polar surface area (TPSA) is 27.0 Å². The number of halogens is 1. The summed E-state index contributed by atoms with van der Waals surface area (Å²) >= 11 is 0. The molecule has 0 atom stereocenters. The summed E-state index contributed by atoms with van der Waals surface area (Å²) in [6, 6.07) is 24.4. The second-order valence-corrected chi connectivity index (χ2v) is 11.5. The first kappa shape index (κ1) is 35.0. The first-order chi connectivity index (χ1) is 20.3. The summed E-state index contributed by atoms with van der Waals surface area (Å²) in [5.41, 5.74) is 7.88. The lowest BCUT2D eigenvalue weighted by atomic mass is 9.69. The van der Waals surface area contributed by atoms with Crippen molar-refractivity contribution in [2.75, 3.05) is 19.6 Å². The van der Waals surface area contributed by atoms with E-state index in [1.54, 1.807) is 13.0 Å². The second kappa shape index (κ2) is 17.7. The Hall–Kier alpha value is -3.22. The van der Waals surface area contributed by atoms with Crippen LogP contribution in [0.3, 0.4) is 0 Å². The highest BCUT2D eigenvalue weighted by molar-refractivity contribution is 5.65. The zero-order chi connectivity index (χ0) is 31.1. The van der Waals surface area contributed by atoms with Gasteiger partial charge in [0.05, 0.1) is 11.6 Å². The molecule has 1 aliphatic heterocycles. The third kappa shape index (κ3) is 10.6. The molecule has 0 spiro atoms. The van der Waals surface area contributed by atoms with Crippen LogP contribution in [-0.4, -0.2) is 24.5 Å². The number of nitriles is 1. The van der Waals surface area contributed by atoms with Crippen LogP contribution in [0, 0.1) is 36.9 Å². The molecule has 1 saturated heterocycles. The fourth-order valence-corrected chi connectivity index (χ4v) is 5.54. The lowest BCUT2D eigenvalue weighted by Gasteiger charge is -2.43. The monoisotopic (exact) mass is 568 g/mol. The number of rotatable bonds is 7. The SMILES string of the molecule is C=C(C)CCC1(c2ccc(-c3cccc(C#N)c3)cc2)CCN(CC2CC2)CC1.CC.CC.Cc1ccc(F)c(C)c1. The molecule has 1 heterocycles. The minimum absolute atomic E-state index is 0.124. The van der Waals surface area contributed by atoms with E-state index in [9.17, 15) is 9.65 Å². The molecule has 0 amide bonds. The van der Waals surface area contributed by atoms with E-state index in [1.165, 1.54) is 74.5 Å². The standard InChI is InChI=1S/C27H32N2.C8H9F.2C2H6/c1-21(2)12-13-27(14-16-29(17-15-27)20-22-6-7-22)26-10-8-24(9-11-26)25-5-3-4-23(18-25)19-28;1-6-3-4-8(9)7(2)5-6;2*1-2/h3-5,8-11,18,22H,1,6-7,12-17,20H2,2H3;3-5H,1-2H3;2*1-2H3. The third-order valence-electron chi connectivity index (χ3n) is 8.19. The molecule has 0 N–H and O–H groups in total. The Morgan fingerprint density at radius 3 is 2.10 bits per heavy atom. The van der Waals surface area contributed by atoms with Crippen molar-refractivity contribution in [2.45, 2.75) is 92.4 Å². The Morgan fingerprint density at radius 2 is 1.57 bits per heavy atom. The summed E-state index contributed by atoms with van der Waals surface area (Å²) in [5.74, 6) is 0.849. The van der Waals surface area contributed by atoms with Gasteiger partial charge >= 0.3 is 0 Å². The third-order valence-corrected chi connectivity index (χ3v) is 8.19. The highest BCUT2D eigenvalue weighted by Crippen LogP contribution is 2.42. The van der Waals surface area contributed by atoms with Crippen molar-refractivity contribution in [1.82, 2.24) is 4.90 Å². The summed E-state index contributed by atoms with van der Waals surface area (Å²) in [4.78, 5) is 2.69. The quantitative estimate of drug-likeness (QED) is 0.265. The maximum atomic E-state index is 12.5. The molecule has 3 aromatic rings. The largest absolute Gasteiger partial charge is 0.303 e. The number of nitrogens with zero attached hydrogens (tertiary/aromatic N) is 2. The van der Waals surface area contributed by atoms with Crippen LogP contribution in [-0.2, 0) is 5.41 Å². The predicted octanol–water partition coefficient (Wildman–Crippen LogP) is 10.8. The fraction of sp³-hybridized carbons (Fsp3) is 0.462. The molecule has 3 aromatic carbocycles. The highest BCUT2D eigenvalue weighted by atomic mass is 19.1. The van der Waals surface area contributed by atoms with E-state index in [-0.39, 0.29) is 11.2 Å². The summed E-state index contributed by atoms with van der Waals surface area (Å²) in [6.07, 6.45) is 7.67. The summed E-state index contributed by atoms with van der Waals surface area (Å²) in [7, 11) is 0. The Labute approximate surface area is 256 Å². The molecule has 2 aliphatic rings. The van der Waals surface area contributed by atoms with Gasteiger partial charge in [0.25, 0.3) is 0 Å². The predicted molar refractivity (Wildman–Crippen MR) is 179 cm³/mol. The van der Waals surface area contributed by atoms with Crippen molar-refractivity contribution in [1.29, 1.82) is 5.26 Å². The van der Waals surface area contributed by atoms with Crippen molar-refractivity contribution in [3.8, 4) is 17.2 Å². The van der Waals surface area contributed by atoms with E-state index in [0.29, 0.717) is 5.56 Å². The molecule has 1 aliphatic carbocycles. The number of benzene rings is 3. The molecule has 5 rings (SSSR count). The zero-order valence-corrected chi connectivity index (χ0v) is 27.3. The van der Waals surface area contributed by atoms with E-state index in [0.717, 1.165) is 29.0 Å². The van der Waals surface area contributed by atoms with Gasteiger partial charge in [-0.05, 0) is 124 Å². The molecule has 226 valence electrons. The lowest BCUT2D eigenvalue weighted by molar-refractivity contribution is 0.147. The normalized spacial score (nSPS) is 15.4. The van der Waals surface area contributed by atoms with Crippen LogP contribution in [0.1, 0.15) is 95.4 Å². The molecule has 0 aromatic heterocycles. The molecule has 0 bridgehead atoms. The van der Waals surface area contributed by atoms with Crippen LogP contribution in [0.5, 0.6) is 0 Å². The molecular weight excluding hydrogens is 515 g/mol. The minimum atomic E-state index is -0.124. The van der Waals surface area contributed by atoms with Gasteiger partial charge in [-0.2, -0.15) is 5.26 Å². The Kier molecular flexibility index (Phi) is 14.7. The molecule has 0 radical (unpaired) electrons. The number of likely N-dealkylation sites (tertiary alicyclic amines) is 1. The minimum Gasteiger partial charge on any atom is -0.303 e. The van der Waals surface area contributed by atoms with Gasteiger partial charge in [-0.1, -0.05) is 87.4 Å². The van der Waals surface area contributed by atoms with E-state index < -0.39 is 0 Å². The number of hydrogen-bond acceptors (Lipinski definition) is 2. The van der Waals surface area contributed by atoms with Crippen LogP contribution in [0.4, 0.5) is 4.39 Å². The van der Waals surface area contributed by atoms with Crippen LogP contribution in [0.2, 0.25) is 0 Å². The molecule has 3 heteroatoms. The summed E-state index contributed by atoms with van der Waals surface area (Å²) < 4.78 is 12.5. The number of aryl methyl sites for hydroxylation is 2. The maximum Gasteiger partial charge on any atom is 0.126 e. The van der Waals surface area contributed by atoms with Crippen molar-refractivity contribution in [2.24, 2.45) is 5.92 Å². The summed E-state index contributed by atoms with van der Waals surface area (Å²) in [5, 5.41) is 9.18. The second-order valence-electron chi connectivity index (χ2n) is 11.5. The fourth-order valence-electron chi connectivity index (χ4n) is 5.54. The smallest absolute Gasteiger partial charge is 0.126 e. The molecule has 42 heavy (non-hydrogen) atoms. The van der Waals surface area contributed by atoms with Crippen LogP contribution >= 0.6 is 0 Å². The Morgan fingerprint density at radius 1 is 0.929 bits per heavy atom. The summed E-state index contributed by atoms with van der Waals surface area (Å²) in [6.45, 7) is 21.8. The van der Waals surface area contributed by atoms with Crippen LogP contribution in [0.25, 0.3) is 11.1 Å². The van der Waals surface area contributed by atoms with Crippen LogP contribution < -0.4 is 0 Å². The maximum absolute atomic E-state index is 12.5. The van der Waals surface area contributed by atoms with Gasteiger partial charge in [-0.25, -0.2) is 4.39 Å². The first-order valence-corrected chi connectivity index (χ1v) is 16.0. The molecule has 1 saturated carbocycles. The zero-order valence-electron chi connectivity index (χ0n) is 27.3. The molecular formula is C39H53FN2. The average molecular weight is 569 g/mol. The van der Waals surface area contributed by atoms with Crippen molar-refractivity contribution in [3.05, 3.63) is 107 Å². The van der Waals surface area contributed by atoms with Crippen molar-refractivity contribution >= 4 is 0 Å². The van der Waals surface area contributed by atoms with Gasteiger partial charge in [0.2, 0.25) is 0 Å². The Bertz CT molecular complexity index is 1270. The van der Waals surface area contributed by atoms with Gasteiger partial charge < -0.3 is 4.90 Å². The van der Waals surface area contributed by atoms with Gasteiger partial charge in [0, 0.05) is 6.54 Å². The highest BCUT2D eigenvalue weighted by Gasteiger charge is 2.37. The van der Waals surface area contributed by atoms with E-state index in [1.807, 2.05) is 58.9 Å². The van der Waals surface area contributed by atoms with E-state index in [4.69, 9.17) is 0 Å². The van der Waals surface area contributed by atoms with Crippen molar-refractivity contribution in [3.63, 3.8) is 0 Å². The van der Waals surface area contributed by atoms with Crippen molar-refractivity contribution < 1.29 is 4.39 Å². The van der Waals surface area contributed by atoms with E-state index >= 15 is 0 Å². The Balaban J connectivity index is 0.000000399. The molecule has 0 unspecified atom stereocenters. The first-order valence-electron chi connectivity index (χ1n) is 16.0. The average Bonchev–Trinajstić information content (AvgIpc) is 3.85. The number of piperidine rings is 1. The number of hydrogen-bond donors (Lipinski definition) is 0. The molecule has 2 nitrogen and oxygen atoms in total. The van der Waals surface area contributed by atoms with Gasteiger partial charge in [0.1, 0.15) is 5.82 Å². The van der Waals surface area contributed by atoms with Crippen LogP contribution in [0.15, 0.2) is 78.9 Å².